The van der Waals surface area contributed by atoms with E-state index in [0.29, 0.717) is 6.61 Å². The molecule has 3 nitrogen and oxygen atoms in total. The summed E-state index contributed by atoms with van der Waals surface area (Å²) in [5, 5.41) is 0. The van der Waals surface area contributed by atoms with E-state index in [1.165, 1.54) is 16.7 Å². The molecule has 105 valence electrons. The maximum atomic E-state index is 5.80. The van der Waals surface area contributed by atoms with Crippen LogP contribution in [0.3, 0.4) is 0 Å². The smallest absolute Gasteiger partial charge is 0.119 e. The molecule has 0 saturated heterocycles. The predicted octanol–water partition coefficient (Wildman–Crippen LogP) is 3.11. The standard InChI is InChI=1S/C17H21N2O/c1-13-11-15(20-10-9-19(3)4)12-14(2)17(13)16-7-5-6-8-18-16/h5-7,11-12H,9-10H2,1-4H3. The SMILES string of the molecule is Cc1cc(OCCN(C)C)cc(C)c1-c1ccc[c]n1. The molecule has 0 amide bonds. The van der Waals surface area contributed by atoms with Gasteiger partial charge in [0.1, 0.15) is 12.4 Å². The summed E-state index contributed by atoms with van der Waals surface area (Å²) in [5.74, 6) is 0.922. The highest BCUT2D eigenvalue weighted by Gasteiger charge is 2.09. The molecular formula is C17H21N2O. The Bertz CT molecular complexity index is 541. The van der Waals surface area contributed by atoms with Crippen molar-refractivity contribution in [2.24, 2.45) is 0 Å². The van der Waals surface area contributed by atoms with E-state index in [1.54, 1.807) is 0 Å². The zero-order valence-electron chi connectivity index (χ0n) is 12.6. The molecule has 1 radical (unpaired) electrons. The molecule has 0 unspecified atom stereocenters. The van der Waals surface area contributed by atoms with Gasteiger partial charge in [-0.05, 0) is 63.3 Å². The first-order valence-electron chi connectivity index (χ1n) is 6.80. The molecule has 0 aliphatic heterocycles. The van der Waals surface area contributed by atoms with Gasteiger partial charge in [0, 0.05) is 12.1 Å². The van der Waals surface area contributed by atoms with Crippen LogP contribution in [0.2, 0.25) is 0 Å². The van der Waals surface area contributed by atoms with Gasteiger partial charge < -0.3 is 9.64 Å². The minimum absolute atomic E-state index is 0.697. The Morgan fingerprint density at radius 1 is 1.20 bits per heavy atom. The number of hydrogen-bond acceptors (Lipinski definition) is 3. The molecule has 1 heterocycles. The van der Waals surface area contributed by atoms with Crippen molar-refractivity contribution in [3.8, 4) is 17.0 Å². The van der Waals surface area contributed by atoms with Gasteiger partial charge in [-0.15, -0.1) is 0 Å². The topological polar surface area (TPSA) is 25.4 Å². The summed E-state index contributed by atoms with van der Waals surface area (Å²) in [6, 6.07) is 9.94. The molecule has 2 rings (SSSR count). The Hall–Kier alpha value is -1.87. The predicted molar refractivity (Wildman–Crippen MR) is 82.0 cm³/mol. The van der Waals surface area contributed by atoms with Gasteiger partial charge in [0.2, 0.25) is 0 Å². The first kappa shape index (κ1) is 14.5. The van der Waals surface area contributed by atoms with Crippen LogP contribution in [-0.2, 0) is 0 Å². The highest BCUT2D eigenvalue weighted by atomic mass is 16.5. The maximum Gasteiger partial charge on any atom is 0.119 e. The first-order chi connectivity index (χ1) is 9.58. The highest BCUT2D eigenvalue weighted by molar-refractivity contribution is 5.68. The zero-order chi connectivity index (χ0) is 14.5. The second kappa shape index (κ2) is 6.53. The van der Waals surface area contributed by atoms with Gasteiger partial charge in [0.25, 0.3) is 0 Å². The van der Waals surface area contributed by atoms with Gasteiger partial charge in [-0.3, -0.25) is 0 Å². The Balaban J connectivity index is 2.21. The molecule has 0 saturated carbocycles. The van der Waals surface area contributed by atoms with Crippen molar-refractivity contribution < 1.29 is 4.74 Å². The fraction of sp³-hybridized carbons (Fsp3) is 0.353. The van der Waals surface area contributed by atoms with E-state index in [0.717, 1.165) is 18.0 Å². The Morgan fingerprint density at radius 3 is 2.45 bits per heavy atom. The molecule has 2 aromatic rings. The van der Waals surface area contributed by atoms with Crippen LogP contribution in [0.4, 0.5) is 0 Å². The first-order valence-corrected chi connectivity index (χ1v) is 6.80. The summed E-state index contributed by atoms with van der Waals surface area (Å²) in [6.45, 7) is 5.79. The van der Waals surface area contributed by atoms with E-state index in [9.17, 15) is 0 Å². The molecule has 0 spiro atoms. The number of nitrogens with zero attached hydrogens (tertiary/aromatic N) is 2. The van der Waals surface area contributed by atoms with Crippen LogP contribution in [-0.4, -0.2) is 37.1 Å². The normalized spacial score (nSPS) is 10.8. The molecule has 1 aromatic carbocycles. The van der Waals surface area contributed by atoms with Crippen molar-refractivity contribution in [2.45, 2.75) is 13.8 Å². The van der Waals surface area contributed by atoms with Crippen LogP contribution in [0.25, 0.3) is 11.3 Å². The third-order valence-electron chi connectivity index (χ3n) is 3.18. The van der Waals surface area contributed by atoms with Gasteiger partial charge >= 0.3 is 0 Å². The third kappa shape index (κ3) is 3.58. The molecule has 0 aliphatic carbocycles. The summed E-state index contributed by atoms with van der Waals surface area (Å²) in [5.41, 5.74) is 4.48. The fourth-order valence-corrected chi connectivity index (χ4v) is 2.22. The van der Waals surface area contributed by atoms with E-state index in [4.69, 9.17) is 4.74 Å². The lowest BCUT2D eigenvalue weighted by atomic mass is 9.99. The van der Waals surface area contributed by atoms with Crippen molar-refractivity contribution in [2.75, 3.05) is 27.2 Å². The van der Waals surface area contributed by atoms with Crippen molar-refractivity contribution in [1.82, 2.24) is 9.88 Å². The minimum Gasteiger partial charge on any atom is -0.492 e. The highest BCUT2D eigenvalue weighted by Crippen LogP contribution is 2.29. The Kier molecular flexibility index (Phi) is 4.74. The Morgan fingerprint density at radius 2 is 1.90 bits per heavy atom. The van der Waals surface area contributed by atoms with Crippen molar-refractivity contribution in [3.63, 3.8) is 0 Å². The van der Waals surface area contributed by atoms with Crippen molar-refractivity contribution >= 4 is 0 Å². The van der Waals surface area contributed by atoms with Crippen molar-refractivity contribution in [3.05, 3.63) is 47.7 Å². The van der Waals surface area contributed by atoms with Crippen molar-refractivity contribution in [1.29, 1.82) is 0 Å². The number of pyridine rings is 1. The average Bonchev–Trinajstić information content (AvgIpc) is 2.38. The monoisotopic (exact) mass is 269 g/mol. The number of hydrogen-bond donors (Lipinski definition) is 0. The number of likely N-dealkylation sites (N-methyl/N-ethyl adjacent to an activating group) is 1. The third-order valence-corrected chi connectivity index (χ3v) is 3.18. The maximum absolute atomic E-state index is 5.80. The number of aromatic nitrogens is 1. The largest absolute Gasteiger partial charge is 0.492 e. The summed E-state index contributed by atoms with van der Waals surface area (Å²) in [6.07, 6.45) is 2.89. The van der Waals surface area contributed by atoms with Crippen LogP contribution in [0.1, 0.15) is 11.1 Å². The molecule has 0 N–H and O–H groups in total. The summed E-state index contributed by atoms with van der Waals surface area (Å²) in [7, 11) is 4.08. The second-order valence-electron chi connectivity index (χ2n) is 5.24. The molecule has 1 aromatic heterocycles. The Labute approximate surface area is 121 Å². The van der Waals surface area contributed by atoms with Gasteiger partial charge in [0.15, 0.2) is 0 Å². The summed E-state index contributed by atoms with van der Waals surface area (Å²) >= 11 is 0. The number of rotatable bonds is 5. The minimum atomic E-state index is 0.697. The molecule has 0 aliphatic rings. The fourth-order valence-electron chi connectivity index (χ4n) is 2.22. The van der Waals surface area contributed by atoms with Crippen LogP contribution >= 0.6 is 0 Å². The van der Waals surface area contributed by atoms with Gasteiger partial charge in [-0.1, -0.05) is 6.07 Å². The lowest BCUT2D eigenvalue weighted by Crippen LogP contribution is -2.19. The molecule has 20 heavy (non-hydrogen) atoms. The molecule has 3 heteroatoms. The number of ether oxygens (including phenoxy) is 1. The lowest BCUT2D eigenvalue weighted by Gasteiger charge is -2.14. The van der Waals surface area contributed by atoms with Gasteiger partial charge in [-0.2, -0.15) is 0 Å². The van der Waals surface area contributed by atoms with Gasteiger partial charge in [0.05, 0.1) is 11.9 Å². The molecular weight excluding hydrogens is 248 g/mol. The zero-order valence-corrected chi connectivity index (χ0v) is 12.6. The van der Waals surface area contributed by atoms with Gasteiger partial charge in [-0.25, -0.2) is 4.98 Å². The molecule has 0 fully saturated rings. The summed E-state index contributed by atoms with van der Waals surface area (Å²) < 4.78 is 5.80. The van der Waals surface area contributed by atoms with Crippen LogP contribution in [0.5, 0.6) is 5.75 Å². The average molecular weight is 269 g/mol. The van der Waals surface area contributed by atoms with E-state index in [1.807, 2.05) is 32.3 Å². The quantitative estimate of drug-likeness (QED) is 0.834. The number of aryl methyl sites for hydroxylation is 2. The van der Waals surface area contributed by atoms with Crippen LogP contribution in [0.15, 0.2) is 30.3 Å². The number of benzene rings is 1. The summed E-state index contributed by atoms with van der Waals surface area (Å²) in [4.78, 5) is 6.42. The lowest BCUT2D eigenvalue weighted by molar-refractivity contribution is 0.261. The van der Waals surface area contributed by atoms with E-state index < -0.39 is 0 Å². The molecule has 0 bridgehead atoms. The molecule has 0 atom stereocenters. The van der Waals surface area contributed by atoms with E-state index in [-0.39, 0.29) is 0 Å². The van der Waals surface area contributed by atoms with E-state index >= 15 is 0 Å². The van der Waals surface area contributed by atoms with Crippen LogP contribution in [0, 0.1) is 20.0 Å². The second-order valence-corrected chi connectivity index (χ2v) is 5.24. The van der Waals surface area contributed by atoms with E-state index in [2.05, 4.69) is 42.1 Å². The van der Waals surface area contributed by atoms with Crippen LogP contribution < -0.4 is 4.74 Å².